The van der Waals surface area contributed by atoms with Crippen LogP contribution in [-0.2, 0) is 6.42 Å². The van der Waals surface area contributed by atoms with E-state index in [0.29, 0.717) is 12.2 Å². The van der Waals surface area contributed by atoms with Crippen LogP contribution >= 0.6 is 22.9 Å². The van der Waals surface area contributed by atoms with E-state index in [1.807, 2.05) is 12.1 Å². The van der Waals surface area contributed by atoms with Crippen LogP contribution in [0.25, 0.3) is 0 Å². The number of hydrogen-bond donors (Lipinski definition) is 3. The standard InChI is InChI=1S/C12H12ClN3O2S/c13-10-2-1-7(19-10)3-4-15-9-6-16-11(14)5-8(9)12(17)18/h1-2,5-6,15H,3-4H2,(H2,14,16)(H,17,18). The number of aromatic carboxylic acids is 1. The van der Waals surface area contributed by atoms with Crippen LogP contribution in [0.3, 0.4) is 0 Å². The van der Waals surface area contributed by atoms with Crippen LogP contribution in [0.15, 0.2) is 24.4 Å². The number of thiophene rings is 1. The number of halogens is 1. The summed E-state index contributed by atoms with van der Waals surface area (Å²) in [5, 5.41) is 12.1. The highest BCUT2D eigenvalue weighted by Crippen LogP contribution is 2.22. The van der Waals surface area contributed by atoms with Gasteiger partial charge in [-0.3, -0.25) is 0 Å². The van der Waals surface area contributed by atoms with Gasteiger partial charge in [0.2, 0.25) is 0 Å². The second kappa shape index (κ2) is 5.90. The van der Waals surface area contributed by atoms with Crippen LogP contribution in [0.4, 0.5) is 11.5 Å². The minimum atomic E-state index is -1.03. The van der Waals surface area contributed by atoms with Crippen molar-refractivity contribution in [2.75, 3.05) is 17.6 Å². The minimum Gasteiger partial charge on any atom is -0.478 e. The van der Waals surface area contributed by atoms with E-state index in [1.54, 1.807) is 0 Å². The zero-order chi connectivity index (χ0) is 13.8. The predicted octanol–water partition coefficient (Wildman–Crippen LogP) is 2.73. The van der Waals surface area contributed by atoms with E-state index in [0.717, 1.165) is 15.6 Å². The molecule has 2 heterocycles. The summed E-state index contributed by atoms with van der Waals surface area (Å²) in [4.78, 5) is 16.1. The van der Waals surface area contributed by atoms with Gasteiger partial charge in [-0.15, -0.1) is 11.3 Å². The number of nitrogens with two attached hydrogens (primary N) is 1. The summed E-state index contributed by atoms with van der Waals surface area (Å²) in [6.07, 6.45) is 2.20. The predicted molar refractivity (Wildman–Crippen MR) is 77.1 cm³/mol. The van der Waals surface area contributed by atoms with E-state index < -0.39 is 5.97 Å². The Balaban J connectivity index is 2.01. The van der Waals surface area contributed by atoms with Crippen LogP contribution in [0, 0.1) is 0 Å². The Morgan fingerprint density at radius 1 is 1.53 bits per heavy atom. The second-order valence-corrected chi connectivity index (χ2v) is 5.64. The van der Waals surface area contributed by atoms with Crippen molar-refractivity contribution in [3.8, 4) is 0 Å². The lowest BCUT2D eigenvalue weighted by Gasteiger charge is -2.08. The number of anilines is 2. The number of nitrogen functional groups attached to an aromatic ring is 1. The fraction of sp³-hybridized carbons (Fsp3) is 0.167. The molecule has 2 aromatic rings. The first-order chi connectivity index (χ1) is 9.06. The first-order valence-corrected chi connectivity index (χ1v) is 6.72. The van der Waals surface area contributed by atoms with Gasteiger partial charge in [-0.25, -0.2) is 9.78 Å². The van der Waals surface area contributed by atoms with Crippen LogP contribution < -0.4 is 11.1 Å². The average molecular weight is 298 g/mol. The highest BCUT2D eigenvalue weighted by Gasteiger charge is 2.11. The van der Waals surface area contributed by atoms with E-state index in [9.17, 15) is 4.79 Å². The van der Waals surface area contributed by atoms with E-state index in [2.05, 4.69) is 10.3 Å². The van der Waals surface area contributed by atoms with Crippen molar-refractivity contribution in [2.24, 2.45) is 0 Å². The zero-order valence-electron chi connectivity index (χ0n) is 9.89. The molecule has 2 rings (SSSR count). The van der Waals surface area contributed by atoms with Gasteiger partial charge in [0.05, 0.1) is 21.8 Å². The number of carbonyl (C=O) groups is 1. The van der Waals surface area contributed by atoms with Gasteiger partial charge in [-0.1, -0.05) is 11.6 Å². The van der Waals surface area contributed by atoms with Crippen molar-refractivity contribution in [1.29, 1.82) is 0 Å². The molecule has 0 fully saturated rings. The van der Waals surface area contributed by atoms with Crippen molar-refractivity contribution in [3.63, 3.8) is 0 Å². The van der Waals surface area contributed by atoms with Crippen molar-refractivity contribution in [3.05, 3.63) is 39.2 Å². The number of nitrogens with zero attached hydrogens (tertiary/aromatic N) is 1. The first-order valence-electron chi connectivity index (χ1n) is 5.53. The molecule has 0 bridgehead atoms. The third-order valence-electron chi connectivity index (χ3n) is 2.47. The van der Waals surface area contributed by atoms with Gasteiger partial charge in [-0.2, -0.15) is 0 Å². The van der Waals surface area contributed by atoms with Gasteiger partial charge in [0.25, 0.3) is 0 Å². The lowest BCUT2D eigenvalue weighted by Crippen LogP contribution is -2.10. The summed E-state index contributed by atoms with van der Waals surface area (Å²) in [5.41, 5.74) is 6.06. The molecule has 0 aliphatic carbocycles. The van der Waals surface area contributed by atoms with Gasteiger partial charge in [0.1, 0.15) is 5.82 Å². The van der Waals surface area contributed by atoms with E-state index in [-0.39, 0.29) is 11.4 Å². The molecule has 2 aromatic heterocycles. The number of nitrogens with one attached hydrogen (secondary N) is 1. The molecule has 0 spiro atoms. The Morgan fingerprint density at radius 2 is 2.32 bits per heavy atom. The third kappa shape index (κ3) is 3.59. The molecule has 100 valence electrons. The van der Waals surface area contributed by atoms with Crippen molar-refractivity contribution in [1.82, 2.24) is 4.98 Å². The molecule has 0 saturated heterocycles. The normalized spacial score (nSPS) is 10.4. The monoisotopic (exact) mass is 297 g/mol. The molecule has 0 aliphatic rings. The molecule has 0 aliphatic heterocycles. The molecule has 7 heteroatoms. The SMILES string of the molecule is Nc1cc(C(=O)O)c(NCCc2ccc(Cl)s2)cn1. The number of rotatable bonds is 5. The zero-order valence-corrected chi connectivity index (χ0v) is 11.5. The van der Waals surface area contributed by atoms with E-state index in [1.165, 1.54) is 23.6 Å². The maximum absolute atomic E-state index is 11.1. The van der Waals surface area contributed by atoms with E-state index in [4.69, 9.17) is 22.4 Å². The molecule has 0 atom stereocenters. The molecule has 0 amide bonds. The molecule has 19 heavy (non-hydrogen) atoms. The largest absolute Gasteiger partial charge is 0.478 e. The Hall–Kier alpha value is -1.79. The van der Waals surface area contributed by atoms with Crippen LogP contribution in [0.1, 0.15) is 15.2 Å². The number of carboxylic acids is 1. The fourth-order valence-corrected chi connectivity index (χ4v) is 2.68. The number of hydrogen-bond acceptors (Lipinski definition) is 5. The molecule has 4 N–H and O–H groups in total. The maximum atomic E-state index is 11.1. The number of pyridine rings is 1. The smallest absolute Gasteiger partial charge is 0.337 e. The van der Waals surface area contributed by atoms with E-state index >= 15 is 0 Å². The summed E-state index contributed by atoms with van der Waals surface area (Å²) in [6.45, 7) is 0.600. The topological polar surface area (TPSA) is 88.2 Å². The molecular formula is C12H12ClN3O2S. The third-order valence-corrected chi connectivity index (χ3v) is 3.76. The Kier molecular flexibility index (Phi) is 4.24. The molecule has 0 saturated carbocycles. The second-order valence-electron chi connectivity index (χ2n) is 3.84. The molecule has 5 nitrogen and oxygen atoms in total. The van der Waals surface area contributed by atoms with Crippen LogP contribution in [0.5, 0.6) is 0 Å². The fourth-order valence-electron chi connectivity index (χ4n) is 1.60. The summed E-state index contributed by atoms with van der Waals surface area (Å²) >= 11 is 7.35. The van der Waals surface area contributed by atoms with Gasteiger partial charge in [0, 0.05) is 11.4 Å². The van der Waals surface area contributed by atoms with Crippen LogP contribution in [0.2, 0.25) is 4.34 Å². The Labute approximate surface area is 119 Å². The van der Waals surface area contributed by atoms with Crippen molar-refractivity contribution < 1.29 is 9.90 Å². The van der Waals surface area contributed by atoms with Gasteiger partial charge in [0.15, 0.2) is 0 Å². The molecule has 0 unspecified atom stereocenters. The highest BCUT2D eigenvalue weighted by molar-refractivity contribution is 7.16. The Bertz CT molecular complexity index is 600. The van der Waals surface area contributed by atoms with Gasteiger partial charge in [-0.05, 0) is 24.6 Å². The average Bonchev–Trinajstić information content (AvgIpc) is 2.77. The summed E-state index contributed by atoms with van der Waals surface area (Å²) in [7, 11) is 0. The molecule has 0 radical (unpaired) electrons. The Morgan fingerprint density at radius 3 is 2.95 bits per heavy atom. The highest BCUT2D eigenvalue weighted by atomic mass is 35.5. The lowest BCUT2D eigenvalue weighted by atomic mass is 10.2. The van der Waals surface area contributed by atoms with Gasteiger partial charge >= 0.3 is 5.97 Å². The molecular weight excluding hydrogens is 286 g/mol. The number of carboxylic acid groups (broad SMARTS) is 1. The quantitative estimate of drug-likeness (QED) is 0.790. The summed E-state index contributed by atoms with van der Waals surface area (Å²) < 4.78 is 0.746. The number of aromatic nitrogens is 1. The van der Waals surface area contributed by atoms with Crippen LogP contribution in [-0.4, -0.2) is 22.6 Å². The van der Waals surface area contributed by atoms with Crippen molar-refractivity contribution in [2.45, 2.75) is 6.42 Å². The first kappa shape index (κ1) is 13.6. The summed E-state index contributed by atoms with van der Waals surface area (Å²) in [5.74, 6) is -0.844. The lowest BCUT2D eigenvalue weighted by molar-refractivity contribution is 0.0698. The minimum absolute atomic E-state index is 0.122. The maximum Gasteiger partial charge on any atom is 0.337 e. The molecule has 0 aromatic carbocycles. The van der Waals surface area contributed by atoms with Crippen molar-refractivity contribution >= 4 is 40.4 Å². The summed E-state index contributed by atoms with van der Waals surface area (Å²) in [6, 6.07) is 5.13. The van der Waals surface area contributed by atoms with Gasteiger partial charge < -0.3 is 16.2 Å².